The Morgan fingerprint density at radius 2 is 1.04 bits per heavy atom. The molecule has 0 aliphatic rings. The van der Waals surface area contributed by atoms with Crippen LogP contribution in [0.25, 0.3) is 62.7 Å². The molecule has 3 aromatic heterocycles. The van der Waals surface area contributed by atoms with Gasteiger partial charge >= 0.3 is 0 Å². The highest BCUT2D eigenvalue weighted by Crippen LogP contribution is 2.42. The first kappa shape index (κ1) is 26.1. The van der Waals surface area contributed by atoms with Crippen LogP contribution in [0.1, 0.15) is 0 Å². The summed E-state index contributed by atoms with van der Waals surface area (Å²) in [6.45, 7) is 0. The lowest BCUT2D eigenvalue weighted by atomic mass is 10.0. The predicted octanol–water partition coefficient (Wildman–Crippen LogP) is 12.6. The summed E-state index contributed by atoms with van der Waals surface area (Å²) in [5.41, 5.74) is 7.81. The molecule has 0 bridgehead atoms. The number of thiophene rings is 2. The molecule has 9 aromatic rings. The fourth-order valence-corrected chi connectivity index (χ4v) is 8.68. The highest BCUT2D eigenvalue weighted by Gasteiger charge is 2.15. The van der Waals surface area contributed by atoms with Crippen LogP contribution >= 0.6 is 22.7 Å². The van der Waals surface area contributed by atoms with Crippen molar-refractivity contribution < 1.29 is 0 Å². The Kier molecular flexibility index (Phi) is 6.22. The molecule has 0 atom stereocenters. The van der Waals surface area contributed by atoms with Gasteiger partial charge in [0.1, 0.15) is 0 Å². The average Bonchev–Trinajstić information content (AvgIpc) is 3.68. The van der Waals surface area contributed by atoms with Crippen molar-refractivity contribution in [3.63, 3.8) is 0 Å². The Balaban J connectivity index is 1.07. The van der Waals surface area contributed by atoms with Crippen LogP contribution in [-0.2, 0) is 0 Å². The van der Waals surface area contributed by atoms with Crippen LogP contribution < -0.4 is 4.90 Å². The van der Waals surface area contributed by atoms with Crippen molar-refractivity contribution in [2.75, 3.05) is 4.90 Å². The zero-order chi connectivity index (χ0) is 29.7. The van der Waals surface area contributed by atoms with Crippen molar-refractivity contribution in [1.82, 2.24) is 4.98 Å². The standard InChI is InChI=1S/C41H26N2S2/c1-2-9-29(10-3-1)43(31-22-24-40-36(25-31)34-12-5-6-15-38(34)44-40)30-20-17-27(18-21-30)37-23-19-28(26-42-37)32-13-8-14-35-33-11-4-7-16-39(33)45-41(32)35/h1-26H. The van der Waals surface area contributed by atoms with Crippen LogP contribution in [-0.4, -0.2) is 4.98 Å². The number of hydrogen-bond acceptors (Lipinski definition) is 4. The number of nitrogens with zero attached hydrogens (tertiary/aromatic N) is 2. The summed E-state index contributed by atoms with van der Waals surface area (Å²) in [6, 6.07) is 54.4. The zero-order valence-corrected chi connectivity index (χ0v) is 25.9. The van der Waals surface area contributed by atoms with Gasteiger partial charge in [-0.25, -0.2) is 0 Å². The predicted molar refractivity (Wildman–Crippen MR) is 196 cm³/mol. The number of rotatable bonds is 5. The summed E-state index contributed by atoms with van der Waals surface area (Å²) in [7, 11) is 0. The van der Waals surface area contributed by atoms with Gasteiger partial charge in [-0.2, -0.15) is 0 Å². The molecular formula is C41H26N2S2. The molecule has 3 heterocycles. The van der Waals surface area contributed by atoms with Gasteiger partial charge in [0, 0.05) is 80.3 Å². The summed E-state index contributed by atoms with van der Waals surface area (Å²) in [5, 5.41) is 5.22. The summed E-state index contributed by atoms with van der Waals surface area (Å²) in [4.78, 5) is 7.26. The van der Waals surface area contributed by atoms with E-state index in [1.165, 1.54) is 45.9 Å². The molecule has 9 rings (SSSR count). The van der Waals surface area contributed by atoms with Crippen molar-refractivity contribution >= 4 is 80.1 Å². The second-order valence-corrected chi connectivity index (χ2v) is 13.3. The molecular weight excluding hydrogens is 585 g/mol. The largest absolute Gasteiger partial charge is 0.310 e. The van der Waals surface area contributed by atoms with Gasteiger partial charge in [-0.15, -0.1) is 22.7 Å². The van der Waals surface area contributed by atoms with Gasteiger partial charge in [0.05, 0.1) is 5.69 Å². The van der Waals surface area contributed by atoms with E-state index in [9.17, 15) is 0 Å². The number of pyridine rings is 1. The average molecular weight is 611 g/mol. The molecule has 0 fully saturated rings. The van der Waals surface area contributed by atoms with E-state index in [-0.39, 0.29) is 0 Å². The first-order valence-electron chi connectivity index (χ1n) is 15.0. The van der Waals surface area contributed by atoms with E-state index in [1.54, 1.807) is 0 Å². The number of hydrogen-bond donors (Lipinski definition) is 0. The van der Waals surface area contributed by atoms with Crippen molar-refractivity contribution in [2.24, 2.45) is 0 Å². The van der Waals surface area contributed by atoms with Crippen molar-refractivity contribution in [1.29, 1.82) is 0 Å². The van der Waals surface area contributed by atoms with Crippen LogP contribution in [0.5, 0.6) is 0 Å². The summed E-state index contributed by atoms with van der Waals surface area (Å²) >= 11 is 3.70. The van der Waals surface area contributed by atoms with E-state index in [0.717, 1.165) is 33.9 Å². The van der Waals surface area contributed by atoms with E-state index >= 15 is 0 Å². The summed E-state index contributed by atoms with van der Waals surface area (Å²) in [5.74, 6) is 0. The van der Waals surface area contributed by atoms with E-state index in [1.807, 2.05) is 28.9 Å². The van der Waals surface area contributed by atoms with Crippen LogP contribution in [0.3, 0.4) is 0 Å². The Morgan fingerprint density at radius 1 is 0.422 bits per heavy atom. The normalized spacial score (nSPS) is 11.6. The third kappa shape index (κ3) is 4.50. The lowest BCUT2D eigenvalue weighted by Crippen LogP contribution is -2.09. The van der Waals surface area contributed by atoms with Crippen molar-refractivity contribution in [2.45, 2.75) is 0 Å². The van der Waals surface area contributed by atoms with E-state index in [4.69, 9.17) is 4.98 Å². The second kappa shape index (κ2) is 10.7. The molecule has 0 N–H and O–H groups in total. The topological polar surface area (TPSA) is 16.1 Å². The minimum Gasteiger partial charge on any atom is -0.310 e. The van der Waals surface area contributed by atoms with Gasteiger partial charge in [-0.3, -0.25) is 4.98 Å². The number of anilines is 3. The maximum Gasteiger partial charge on any atom is 0.0702 e. The van der Waals surface area contributed by atoms with Crippen LogP contribution in [0.15, 0.2) is 158 Å². The highest BCUT2D eigenvalue weighted by atomic mass is 32.1. The minimum atomic E-state index is 0.964. The van der Waals surface area contributed by atoms with Gasteiger partial charge < -0.3 is 4.90 Å². The Morgan fingerprint density at radius 3 is 1.82 bits per heavy atom. The quantitative estimate of drug-likeness (QED) is 0.193. The molecule has 212 valence electrons. The second-order valence-electron chi connectivity index (χ2n) is 11.2. The van der Waals surface area contributed by atoms with Crippen molar-refractivity contribution in [3.8, 4) is 22.4 Å². The SMILES string of the molecule is c1ccc(N(c2ccc(-c3ccc(-c4cccc5c4sc4ccccc45)cn3)cc2)c2ccc3sc4ccccc4c3c2)cc1. The summed E-state index contributed by atoms with van der Waals surface area (Å²) in [6.07, 6.45) is 2.01. The van der Waals surface area contributed by atoms with Crippen molar-refractivity contribution in [3.05, 3.63) is 158 Å². The minimum absolute atomic E-state index is 0.964. The molecule has 2 nitrogen and oxygen atoms in total. The van der Waals surface area contributed by atoms with Crippen LogP contribution in [0, 0.1) is 0 Å². The number of benzene rings is 6. The Hall–Kier alpha value is -5.29. The molecule has 0 unspecified atom stereocenters. The molecule has 0 saturated carbocycles. The van der Waals surface area contributed by atoms with Crippen LogP contribution in [0.4, 0.5) is 17.1 Å². The number of aromatic nitrogens is 1. The smallest absolute Gasteiger partial charge is 0.0702 e. The molecule has 0 radical (unpaired) electrons. The third-order valence-corrected chi connectivity index (χ3v) is 10.9. The first-order valence-corrected chi connectivity index (χ1v) is 16.7. The van der Waals surface area contributed by atoms with Crippen LogP contribution in [0.2, 0.25) is 0 Å². The van der Waals surface area contributed by atoms with Gasteiger partial charge in [0.15, 0.2) is 0 Å². The molecule has 0 saturated heterocycles. The molecule has 0 aliphatic carbocycles. The maximum atomic E-state index is 4.93. The monoisotopic (exact) mass is 610 g/mol. The maximum absolute atomic E-state index is 4.93. The third-order valence-electron chi connectivity index (χ3n) is 8.53. The lowest BCUT2D eigenvalue weighted by Gasteiger charge is -2.25. The fraction of sp³-hybridized carbons (Fsp3) is 0. The fourth-order valence-electron chi connectivity index (χ4n) is 6.36. The molecule has 45 heavy (non-hydrogen) atoms. The number of fused-ring (bicyclic) bond motifs is 6. The zero-order valence-electron chi connectivity index (χ0n) is 24.2. The molecule has 0 aliphatic heterocycles. The Bertz CT molecular complexity index is 2470. The number of para-hydroxylation sites is 1. The highest BCUT2D eigenvalue weighted by molar-refractivity contribution is 7.26. The summed E-state index contributed by atoms with van der Waals surface area (Å²) < 4.78 is 5.26. The van der Waals surface area contributed by atoms with E-state index in [0.29, 0.717) is 0 Å². The molecule has 4 heteroatoms. The van der Waals surface area contributed by atoms with E-state index < -0.39 is 0 Å². The van der Waals surface area contributed by atoms with Gasteiger partial charge in [0.2, 0.25) is 0 Å². The van der Waals surface area contributed by atoms with Gasteiger partial charge in [-0.05, 0) is 60.7 Å². The van der Waals surface area contributed by atoms with E-state index in [2.05, 4.69) is 157 Å². The molecule has 6 aromatic carbocycles. The molecule has 0 amide bonds. The lowest BCUT2D eigenvalue weighted by molar-refractivity contribution is 1.28. The Labute approximate surface area is 269 Å². The van der Waals surface area contributed by atoms with Gasteiger partial charge in [0.25, 0.3) is 0 Å². The first-order chi connectivity index (χ1) is 22.3. The molecule has 0 spiro atoms. The van der Waals surface area contributed by atoms with Gasteiger partial charge in [-0.1, -0.05) is 91.0 Å².